The maximum absolute atomic E-state index is 5.60. The normalized spacial score (nSPS) is 12.4. The molecular formula is C13H16N4. The Morgan fingerprint density at radius 3 is 2.29 bits per heavy atom. The lowest BCUT2D eigenvalue weighted by atomic mass is 10.00. The van der Waals surface area contributed by atoms with Crippen LogP contribution < -0.4 is 11.3 Å². The van der Waals surface area contributed by atoms with Gasteiger partial charge in [0.05, 0.1) is 6.04 Å². The van der Waals surface area contributed by atoms with Crippen molar-refractivity contribution in [3.63, 3.8) is 0 Å². The molecule has 2 rings (SSSR count). The van der Waals surface area contributed by atoms with Gasteiger partial charge in [0.25, 0.3) is 0 Å². The summed E-state index contributed by atoms with van der Waals surface area (Å²) >= 11 is 0. The number of rotatable bonds is 4. The largest absolute Gasteiger partial charge is 0.271 e. The number of nitrogens with two attached hydrogens (primary N) is 1. The average Bonchev–Trinajstić information content (AvgIpc) is 2.42. The van der Waals surface area contributed by atoms with Crippen molar-refractivity contribution in [1.82, 2.24) is 15.4 Å². The molecule has 2 aromatic rings. The van der Waals surface area contributed by atoms with E-state index in [-0.39, 0.29) is 6.04 Å². The third-order valence-corrected chi connectivity index (χ3v) is 2.80. The molecule has 17 heavy (non-hydrogen) atoms. The van der Waals surface area contributed by atoms with E-state index in [9.17, 15) is 0 Å². The fraction of sp³-hybridized carbons (Fsp3) is 0.231. The van der Waals surface area contributed by atoms with Crippen LogP contribution in [0, 0.1) is 0 Å². The molecule has 1 unspecified atom stereocenters. The molecule has 0 aliphatic carbocycles. The molecule has 88 valence electrons. The quantitative estimate of drug-likeness (QED) is 0.616. The lowest BCUT2D eigenvalue weighted by Gasteiger charge is -2.16. The highest BCUT2D eigenvalue weighted by Crippen LogP contribution is 2.20. The van der Waals surface area contributed by atoms with Gasteiger partial charge in [-0.3, -0.25) is 5.84 Å². The summed E-state index contributed by atoms with van der Waals surface area (Å²) in [5, 5.41) is 0. The maximum Gasteiger partial charge on any atom is 0.115 e. The third-order valence-electron chi connectivity index (χ3n) is 2.80. The van der Waals surface area contributed by atoms with Gasteiger partial charge in [-0.1, -0.05) is 31.2 Å². The molecular weight excluding hydrogens is 212 g/mol. The molecule has 0 spiro atoms. The molecule has 1 atom stereocenters. The predicted octanol–water partition coefficient (Wildman–Crippen LogP) is 1.59. The molecule has 0 amide bonds. The Hall–Kier alpha value is -1.78. The second kappa shape index (κ2) is 5.52. The van der Waals surface area contributed by atoms with E-state index in [1.165, 1.54) is 11.9 Å². The number of aromatic nitrogens is 2. The third kappa shape index (κ3) is 2.67. The molecule has 0 saturated heterocycles. The minimum Gasteiger partial charge on any atom is -0.271 e. The topological polar surface area (TPSA) is 63.8 Å². The Bertz CT molecular complexity index is 453. The molecule has 1 heterocycles. The molecule has 0 aliphatic rings. The van der Waals surface area contributed by atoms with Crippen LogP contribution in [0.25, 0.3) is 0 Å². The summed E-state index contributed by atoms with van der Waals surface area (Å²) in [5.74, 6) is 5.60. The second-order valence-corrected chi connectivity index (χ2v) is 3.87. The molecule has 0 fully saturated rings. The van der Waals surface area contributed by atoms with Crippen LogP contribution in [0.15, 0.2) is 43.0 Å². The SMILES string of the molecule is CCc1ccc(C(NN)c2cncnc2)cc1. The summed E-state index contributed by atoms with van der Waals surface area (Å²) in [6, 6.07) is 8.32. The van der Waals surface area contributed by atoms with Crippen LogP contribution in [0.4, 0.5) is 0 Å². The van der Waals surface area contributed by atoms with E-state index >= 15 is 0 Å². The van der Waals surface area contributed by atoms with Crippen molar-refractivity contribution in [2.45, 2.75) is 19.4 Å². The van der Waals surface area contributed by atoms with Gasteiger partial charge in [0.2, 0.25) is 0 Å². The van der Waals surface area contributed by atoms with Gasteiger partial charge in [-0.25, -0.2) is 15.4 Å². The molecule has 0 bridgehead atoms. The van der Waals surface area contributed by atoms with E-state index < -0.39 is 0 Å². The summed E-state index contributed by atoms with van der Waals surface area (Å²) < 4.78 is 0. The summed E-state index contributed by atoms with van der Waals surface area (Å²) in [4.78, 5) is 8.01. The van der Waals surface area contributed by atoms with Crippen LogP contribution in [0.2, 0.25) is 0 Å². The number of hydrazine groups is 1. The number of aryl methyl sites for hydroxylation is 1. The van der Waals surface area contributed by atoms with E-state index in [1.807, 2.05) is 0 Å². The predicted molar refractivity (Wildman–Crippen MR) is 67.0 cm³/mol. The summed E-state index contributed by atoms with van der Waals surface area (Å²) in [6.45, 7) is 2.14. The Kier molecular flexibility index (Phi) is 3.80. The summed E-state index contributed by atoms with van der Waals surface area (Å²) in [7, 11) is 0. The number of hydrogen-bond donors (Lipinski definition) is 2. The second-order valence-electron chi connectivity index (χ2n) is 3.87. The zero-order valence-corrected chi connectivity index (χ0v) is 9.80. The van der Waals surface area contributed by atoms with Crippen molar-refractivity contribution in [2.24, 2.45) is 5.84 Å². The lowest BCUT2D eigenvalue weighted by molar-refractivity contribution is 0.631. The molecule has 4 nitrogen and oxygen atoms in total. The highest BCUT2D eigenvalue weighted by molar-refractivity contribution is 5.31. The minimum absolute atomic E-state index is 0.0675. The van der Waals surface area contributed by atoms with Gasteiger partial charge in [-0.2, -0.15) is 0 Å². The first kappa shape index (κ1) is 11.7. The van der Waals surface area contributed by atoms with Crippen LogP contribution in [-0.2, 0) is 6.42 Å². The first-order valence-electron chi connectivity index (χ1n) is 5.65. The van der Waals surface area contributed by atoms with Crippen molar-refractivity contribution in [3.8, 4) is 0 Å². The van der Waals surface area contributed by atoms with E-state index in [0.717, 1.165) is 17.5 Å². The van der Waals surface area contributed by atoms with Crippen molar-refractivity contribution in [3.05, 3.63) is 59.7 Å². The summed E-state index contributed by atoms with van der Waals surface area (Å²) in [5.41, 5.74) is 6.17. The number of nitrogens with one attached hydrogen (secondary N) is 1. The average molecular weight is 228 g/mol. The fourth-order valence-corrected chi connectivity index (χ4v) is 1.79. The van der Waals surface area contributed by atoms with Crippen molar-refractivity contribution >= 4 is 0 Å². The molecule has 1 aromatic heterocycles. The van der Waals surface area contributed by atoms with Crippen LogP contribution in [0.3, 0.4) is 0 Å². The van der Waals surface area contributed by atoms with Crippen molar-refractivity contribution < 1.29 is 0 Å². The Morgan fingerprint density at radius 1 is 1.12 bits per heavy atom. The Labute approximate surface area is 101 Å². The van der Waals surface area contributed by atoms with E-state index in [1.54, 1.807) is 12.4 Å². The Morgan fingerprint density at radius 2 is 1.76 bits per heavy atom. The van der Waals surface area contributed by atoms with Crippen LogP contribution >= 0.6 is 0 Å². The van der Waals surface area contributed by atoms with Crippen molar-refractivity contribution in [2.75, 3.05) is 0 Å². The molecule has 4 heteroatoms. The van der Waals surface area contributed by atoms with Gasteiger partial charge < -0.3 is 0 Å². The number of benzene rings is 1. The van der Waals surface area contributed by atoms with Gasteiger partial charge in [-0.05, 0) is 17.5 Å². The molecule has 3 N–H and O–H groups in total. The first-order valence-corrected chi connectivity index (χ1v) is 5.65. The van der Waals surface area contributed by atoms with Crippen LogP contribution in [0.1, 0.15) is 29.7 Å². The minimum atomic E-state index is -0.0675. The van der Waals surface area contributed by atoms with Gasteiger partial charge >= 0.3 is 0 Å². The standard InChI is InChI=1S/C13H16N4/c1-2-10-3-5-11(6-4-10)13(17-14)12-7-15-9-16-8-12/h3-9,13,17H,2,14H2,1H3. The number of hydrogen-bond acceptors (Lipinski definition) is 4. The van der Waals surface area contributed by atoms with Gasteiger partial charge in [0.15, 0.2) is 0 Å². The highest BCUT2D eigenvalue weighted by Gasteiger charge is 2.12. The monoisotopic (exact) mass is 228 g/mol. The van der Waals surface area contributed by atoms with Gasteiger partial charge in [0.1, 0.15) is 6.33 Å². The van der Waals surface area contributed by atoms with Crippen molar-refractivity contribution in [1.29, 1.82) is 0 Å². The van der Waals surface area contributed by atoms with E-state index in [4.69, 9.17) is 5.84 Å². The number of nitrogens with zero attached hydrogens (tertiary/aromatic N) is 2. The zero-order chi connectivity index (χ0) is 12.1. The fourth-order valence-electron chi connectivity index (χ4n) is 1.79. The molecule has 0 aliphatic heterocycles. The summed E-state index contributed by atoms with van der Waals surface area (Å²) in [6.07, 6.45) is 6.09. The molecule has 0 radical (unpaired) electrons. The van der Waals surface area contributed by atoms with Gasteiger partial charge in [0, 0.05) is 18.0 Å². The maximum atomic E-state index is 5.60. The zero-order valence-electron chi connectivity index (χ0n) is 9.80. The molecule has 0 saturated carbocycles. The highest BCUT2D eigenvalue weighted by atomic mass is 15.2. The van der Waals surface area contributed by atoms with Gasteiger partial charge in [-0.15, -0.1) is 0 Å². The van der Waals surface area contributed by atoms with E-state index in [2.05, 4.69) is 46.6 Å². The Balaban J connectivity index is 2.29. The lowest BCUT2D eigenvalue weighted by Crippen LogP contribution is -2.29. The van der Waals surface area contributed by atoms with Crippen LogP contribution in [0.5, 0.6) is 0 Å². The first-order chi connectivity index (χ1) is 8.35. The molecule has 1 aromatic carbocycles. The van der Waals surface area contributed by atoms with E-state index in [0.29, 0.717) is 0 Å². The van der Waals surface area contributed by atoms with Crippen LogP contribution in [-0.4, -0.2) is 9.97 Å². The smallest absolute Gasteiger partial charge is 0.115 e.